The Kier molecular flexibility index (Phi) is 8.79. The molecule has 0 bridgehead atoms. The summed E-state index contributed by atoms with van der Waals surface area (Å²) in [7, 11) is 0. The fourth-order valence-electron chi connectivity index (χ4n) is 6.09. The van der Waals surface area contributed by atoms with Gasteiger partial charge in [-0.25, -0.2) is 9.97 Å². The van der Waals surface area contributed by atoms with E-state index in [9.17, 15) is 0 Å². The van der Waals surface area contributed by atoms with Crippen LogP contribution in [0.15, 0.2) is 97.2 Å². The summed E-state index contributed by atoms with van der Waals surface area (Å²) in [6, 6.07) is 31.9. The summed E-state index contributed by atoms with van der Waals surface area (Å²) >= 11 is 6.46. The molecule has 7 heteroatoms. The first-order valence-corrected chi connectivity index (χ1v) is 15.0. The summed E-state index contributed by atoms with van der Waals surface area (Å²) in [4.78, 5) is 20.4. The number of halogens is 1. The predicted molar refractivity (Wildman–Crippen MR) is 176 cm³/mol. The lowest BCUT2D eigenvalue weighted by molar-refractivity contribution is 0.153. The van der Waals surface area contributed by atoms with Crippen LogP contribution in [0.4, 0.5) is 0 Å². The molecule has 3 aromatic carbocycles. The molecule has 3 heterocycles. The number of hydrogen-bond acceptors (Lipinski definition) is 5. The van der Waals surface area contributed by atoms with Gasteiger partial charge < -0.3 is 10.3 Å². The third-order valence-corrected chi connectivity index (χ3v) is 8.53. The Hall–Kier alpha value is -4.10. The minimum absolute atomic E-state index is 0. The van der Waals surface area contributed by atoms with Crippen LogP contribution in [0, 0.1) is 0 Å². The first-order valence-electron chi connectivity index (χ1n) is 14.6. The van der Waals surface area contributed by atoms with Crippen LogP contribution in [0.2, 0.25) is 5.15 Å². The van der Waals surface area contributed by atoms with Crippen LogP contribution in [-0.4, -0.2) is 24.8 Å². The quantitative estimate of drug-likeness (QED) is 0.167. The molecule has 6 aromatic rings. The minimum atomic E-state index is 0. The van der Waals surface area contributed by atoms with Gasteiger partial charge in [0.2, 0.25) is 0 Å². The molecule has 0 amide bonds. The van der Waals surface area contributed by atoms with Gasteiger partial charge in [0, 0.05) is 36.8 Å². The fourth-order valence-corrected chi connectivity index (χ4v) is 6.30. The van der Waals surface area contributed by atoms with Crippen molar-refractivity contribution in [2.75, 3.05) is 0 Å². The Labute approximate surface area is 258 Å². The highest BCUT2D eigenvalue weighted by molar-refractivity contribution is 6.30. The highest BCUT2D eigenvalue weighted by atomic mass is 35.5. The second-order valence-electron chi connectivity index (χ2n) is 11.1. The van der Waals surface area contributed by atoms with Crippen molar-refractivity contribution in [3.8, 4) is 0 Å². The monoisotopic (exact) mass is 588 g/mol. The molecular weight excluding hydrogens is 552 g/mol. The zero-order valence-electron chi connectivity index (χ0n) is 23.4. The summed E-state index contributed by atoms with van der Waals surface area (Å²) in [5, 5.41) is 5.19. The van der Waals surface area contributed by atoms with Crippen molar-refractivity contribution in [3.05, 3.63) is 136 Å². The first kappa shape index (κ1) is 29.0. The predicted octanol–water partition coefficient (Wildman–Crippen LogP) is 8.17. The molecule has 218 valence electrons. The number of hydrogen-bond donors (Lipinski definition) is 2. The van der Waals surface area contributed by atoms with Gasteiger partial charge in [0.25, 0.3) is 0 Å². The minimum Gasteiger partial charge on any atom is -0.341 e. The Morgan fingerprint density at radius 2 is 1.63 bits per heavy atom. The van der Waals surface area contributed by atoms with Gasteiger partial charge >= 0.3 is 0 Å². The highest BCUT2D eigenvalue weighted by Crippen LogP contribution is 2.34. The third-order valence-electron chi connectivity index (χ3n) is 8.20. The third kappa shape index (κ3) is 6.47. The van der Waals surface area contributed by atoms with Gasteiger partial charge in [0.05, 0.1) is 34.8 Å². The van der Waals surface area contributed by atoms with Crippen molar-refractivity contribution in [2.24, 2.45) is 0 Å². The molecule has 0 radical (unpaired) electrons. The highest BCUT2D eigenvalue weighted by Gasteiger charge is 2.28. The Bertz CT molecular complexity index is 1800. The van der Waals surface area contributed by atoms with Crippen molar-refractivity contribution in [3.63, 3.8) is 0 Å². The maximum atomic E-state index is 6.46. The molecule has 0 spiro atoms. The van der Waals surface area contributed by atoms with Crippen molar-refractivity contribution >= 4 is 33.5 Å². The zero-order valence-corrected chi connectivity index (χ0v) is 24.2. The van der Waals surface area contributed by atoms with Crippen LogP contribution in [0.5, 0.6) is 0 Å². The number of aryl methyl sites for hydroxylation is 1. The van der Waals surface area contributed by atoms with Gasteiger partial charge in [-0.2, -0.15) is 0 Å². The SMILES string of the molecule is C.Clc1nc2ccccc2cc1CNCc1ccc(CN(Cc2nc3ccccc3[nH]2)C2CCCc3cccnc32)cc1. The Morgan fingerprint density at radius 1 is 0.837 bits per heavy atom. The lowest BCUT2D eigenvalue weighted by atomic mass is 9.90. The molecule has 7 rings (SSSR count). The maximum absolute atomic E-state index is 6.46. The molecule has 3 aromatic heterocycles. The van der Waals surface area contributed by atoms with Crippen LogP contribution in [0.1, 0.15) is 60.1 Å². The van der Waals surface area contributed by atoms with Gasteiger partial charge in [0.1, 0.15) is 11.0 Å². The molecule has 0 saturated heterocycles. The number of nitrogens with one attached hydrogen (secondary N) is 2. The second kappa shape index (κ2) is 13.0. The summed E-state index contributed by atoms with van der Waals surface area (Å²) in [5.74, 6) is 0.988. The summed E-state index contributed by atoms with van der Waals surface area (Å²) < 4.78 is 0. The zero-order chi connectivity index (χ0) is 28.3. The molecule has 2 N–H and O–H groups in total. The van der Waals surface area contributed by atoms with Crippen LogP contribution in [-0.2, 0) is 32.6 Å². The molecule has 0 aliphatic heterocycles. The molecule has 6 nitrogen and oxygen atoms in total. The lowest BCUT2D eigenvalue weighted by Crippen LogP contribution is -2.31. The normalized spacial score (nSPS) is 14.6. The summed E-state index contributed by atoms with van der Waals surface area (Å²) in [6.07, 6.45) is 5.29. The van der Waals surface area contributed by atoms with E-state index in [-0.39, 0.29) is 13.5 Å². The number of benzene rings is 3. The second-order valence-corrected chi connectivity index (χ2v) is 11.5. The number of nitrogens with zero attached hydrogens (tertiary/aromatic N) is 4. The number of aromatic amines is 1. The maximum Gasteiger partial charge on any atom is 0.134 e. The van der Waals surface area contributed by atoms with Crippen molar-refractivity contribution in [2.45, 2.75) is 58.9 Å². The number of fused-ring (bicyclic) bond motifs is 3. The smallest absolute Gasteiger partial charge is 0.134 e. The Balaban J connectivity index is 0.00000329. The van der Waals surface area contributed by atoms with E-state index < -0.39 is 0 Å². The number of imidazole rings is 1. The van der Waals surface area contributed by atoms with E-state index in [1.54, 1.807) is 0 Å². The van der Waals surface area contributed by atoms with E-state index in [1.165, 1.54) is 28.8 Å². The number of H-pyrrole nitrogens is 1. The number of pyridine rings is 2. The van der Waals surface area contributed by atoms with Crippen LogP contribution in [0.25, 0.3) is 21.9 Å². The van der Waals surface area contributed by atoms with E-state index in [0.29, 0.717) is 11.7 Å². The number of aromatic nitrogens is 4. The molecule has 43 heavy (non-hydrogen) atoms. The molecular formula is C36H37ClN6. The van der Waals surface area contributed by atoms with Crippen LogP contribution < -0.4 is 5.32 Å². The average molecular weight is 589 g/mol. The molecule has 0 fully saturated rings. The Morgan fingerprint density at radius 3 is 2.49 bits per heavy atom. The van der Waals surface area contributed by atoms with E-state index in [2.05, 4.69) is 80.8 Å². The first-order chi connectivity index (χ1) is 20.7. The van der Waals surface area contributed by atoms with Crippen LogP contribution >= 0.6 is 11.6 Å². The van der Waals surface area contributed by atoms with Gasteiger partial charge in [-0.05, 0) is 66.3 Å². The molecule has 1 unspecified atom stereocenters. The van der Waals surface area contributed by atoms with E-state index in [4.69, 9.17) is 21.6 Å². The van der Waals surface area contributed by atoms with Crippen molar-refractivity contribution in [1.29, 1.82) is 0 Å². The van der Waals surface area contributed by atoms with Gasteiger partial charge in [-0.1, -0.05) is 79.7 Å². The van der Waals surface area contributed by atoms with E-state index in [1.807, 2.05) is 36.5 Å². The number of para-hydroxylation sites is 3. The summed E-state index contributed by atoms with van der Waals surface area (Å²) in [5.41, 5.74) is 9.10. The largest absolute Gasteiger partial charge is 0.341 e. The standard InChI is InChI=1S/C35H33ClN6.CH4/c36-35-28(19-27-7-1-2-10-29(27)41-35)21-37-20-24-14-16-25(17-15-24)22-42(23-33-39-30-11-3-4-12-31(30)40-33)32-13-5-8-26-9-6-18-38-34(26)32;/h1-4,6-7,9-12,14-19,32,37H,5,8,13,20-23H2,(H,39,40);1H4. The van der Waals surface area contributed by atoms with Gasteiger partial charge in [-0.3, -0.25) is 9.88 Å². The average Bonchev–Trinajstić information content (AvgIpc) is 3.44. The lowest BCUT2D eigenvalue weighted by Gasteiger charge is -2.34. The molecule has 0 saturated carbocycles. The topological polar surface area (TPSA) is 69.7 Å². The van der Waals surface area contributed by atoms with Crippen molar-refractivity contribution < 1.29 is 0 Å². The summed E-state index contributed by atoms with van der Waals surface area (Å²) in [6.45, 7) is 2.98. The van der Waals surface area contributed by atoms with Crippen LogP contribution in [0.3, 0.4) is 0 Å². The fraction of sp³-hybridized carbons (Fsp3) is 0.250. The van der Waals surface area contributed by atoms with Gasteiger partial charge in [0.15, 0.2) is 0 Å². The van der Waals surface area contributed by atoms with Crippen molar-refractivity contribution in [1.82, 2.24) is 30.2 Å². The molecule has 1 aliphatic rings. The van der Waals surface area contributed by atoms with Gasteiger partial charge in [-0.15, -0.1) is 0 Å². The number of rotatable bonds is 9. The molecule has 1 atom stereocenters. The van der Waals surface area contributed by atoms with E-state index in [0.717, 1.165) is 65.8 Å². The molecule has 1 aliphatic carbocycles. The van der Waals surface area contributed by atoms with E-state index >= 15 is 0 Å².